The minimum atomic E-state index is -0.719. The van der Waals surface area contributed by atoms with Crippen LogP contribution in [0.3, 0.4) is 0 Å². The van der Waals surface area contributed by atoms with Crippen molar-refractivity contribution in [2.75, 3.05) is 0 Å². The molecule has 0 fully saturated rings. The zero-order chi connectivity index (χ0) is 11.4. The van der Waals surface area contributed by atoms with E-state index in [4.69, 9.17) is 44.8 Å². The van der Waals surface area contributed by atoms with Crippen molar-refractivity contribution in [2.24, 2.45) is 0 Å². The maximum Gasteiger partial charge on any atom is 0.325 e. The van der Waals surface area contributed by atoms with Crippen LogP contribution in [0, 0.1) is 11.3 Å². The Balaban J connectivity index is 2.96. The maximum atomic E-state index is 11.0. The van der Waals surface area contributed by atoms with E-state index in [0.717, 1.165) is 0 Å². The smallest absolute Gasteiger partial charge is 0.325 e. The van der Waals surface area contributed by atoms with Crippen LogP contribution in [0.4, 0.5) is 0 Å². The summed E-state index contributed by atoms with van der Waals surface area (Å²) in [7, 11) is 0. The van der Waals surface area contributed by atoms with E-state index in [9.17, 15) is 4.79 Å². The summed E-state index contributed by atoms with van der Waals surface area (Å²) in [6, 6.07) is 4.44. The van der Waals surface area contributed by atoms with Crippen molar-refractivity contribution in [3.05, 3.63) is 27.2 Å². The standard InChI is InChI=1S/C9H4Cl3NO2/c10-5-3-6(11)9(7(12)4-5)15-8(14)1-2-13/h3-4H,1H2. The van der Waals surface area contributed by atoms with Gasteiger partial charge in [0.05, 0.1) is 16.1 Å². The van der Waals surface area contributed by atoms with Gasteiger partial charge in [-0.05, 0) is 12.1 Å². The van der Waals surface area contributed by atoms with E-state index < -0.39 is 5.97 Å². The summed E-state index contributed by atoms with van der Waals surface area (Å²) < 4.78 is 4.79. The highest BCUT2D eigenvalue weighted by Gasteiger charge is 2.13. The van der Waals surface area contributed by atoms with Crippen molar-refractivity contribution in [2.45, 2.75) is 6.42 Å². The van der Waals surface area contributed by atoms with Crippen LogP contribution in [-0.4, -0.2) is 5.97 Å². The molecule has 0 aliphatic rings. The molecule has 0 spiro atoms. The summed E-state index contributed by atoms with van der Waals surface area (Å²) >= 11 is 17.2. The maximum absolute atomic E-state index is 11.0. The van der Waals surface area contributed by atoms with Crippen LogP contribution in [0.2, 0.25) is 15.1 Å². The molecule has 0 aromatic heterocycles. The molecule has 15 heavy (non-hydrogen) atoms. The summed E-state index contributed by atoms with van der Waals surface area (Å²) in [5, 5.41) is 8.85. The Morgan fingerprint density at radius 3 is 2.33 bits per heavy atom. The molecule has 0 saturated heterocycles. The van der Waals surface area contributed by atoms with Gasteiger partial charge in [0.2, 0.25) is 0 Å². The Hall–Kier alpha value is -0.950. The predicted molar refractivity (Wildman–Crippen MR) is 57.3 cm³/mol. The van der Waals surface area contributed by atoms with Gasteiger partial charge in [-0.1, -0.05) is 34.8 Å². The van der Waals surface area contributed by atoms with Gasteiger partial charge >= 0.3 is 5.97 Å². The number of halogens is 3. The van der Waals surface area contributed by atoms with Crippen molar-refractivity contribution >= 4 is 40.8 Å². The van der Waals surface area contributed by atoms with Crippen LogP contribution in [0.5, 0.6) is 5.75 Å². The molecule has 1 rings (SSSR count). The van der Waals surface area contributed by atoms with E-state index >= 15 is 0 Å². The first kappa shape index (κ1) is 12.1. The molecule has 0 unspecified atom stereocenters. The number of esters is 1. The van der Waals surface area contributed by atoms with Crippen molar-refractivity contribution < 1.29 is 9.53 Å². The number of nitriles is 1. The fourth-order valence-corrected chi connectivity index (χ4v) is 1.74. The van der Waals surface area contributed by atoms with E-state index in [-0.39, 0.29) is 22.2 Å². The molecule has 0 aliphatic carbocycles. The van der Waals surface area contributed by atoms with Crippen molar-refractivity contribution in [3.63, 3.8) is 0 Å². The molecule has 0 saturated carbocycles. The first-order chi connectivity index (χ1) is 7.04. The van der Waals surface area contributed by atoms with E-state index in [1.54, 1.807) is 6.07 Å². The number of hydrogen-bond acceptors (Lipinski definition) is 3. The lowest BCUT2D eigenvalue weighted by molar-refractivity contribution is -0.133. The number of ether oxygens (including phenoxy) is 1. The Bertz CT molecular complexity index is 416. The quantitative estimate of drug-likeness (QED) is 0.607. The summed E-state index contributed by atoms with van der Waals surface area (Å²) in [4.78, 5) is 11.0. The number of nitrogens with zero attached hydrogens (tertiary/aromatic N) is 1. The average molecular weight is 264 g/mol. The van der Waals surface area contributed by atoms with Gasteiger partial charge in [0, 0.05) is 5.02 Å². The van der Waals surface area contributed by atoms with E-state index in [2.05, 4.69) is 0 Å². The molecular weight excluding hydrogens is 260 g/mol. The largest absolute Gasteiger partial charge is 0.423 e. The van der Waals surface area contributed by atoms with Crippen molar-refractivity contribution in [1.82, 2.24) is 0 Å². The van der Waals surface area contributed by atoms with Crippen LogP contribution in [0.1, 0.15) is 6.42 Å². The molecule has 6 heteroatoms. The normalized spacial score (nSPS) is 9.47. The van der Waals surface area contributed by atoms with E-state index in [1.165, 1.54) is 12.1 Å². The van der Waals surface area contributed by atoms with Gasteiger partial charge in [-0.15, -0.1) is 0 Å². The van der Waals surface area contributed by atoms with Gasteiger partial charge in [-0.3, -0.25) is 4.79 Å². The molecule has 0 N–H and O–H groups in total. The van der Waals surface area contributed by atoms with E-state index in [1.807, 2.05) is 0 Å². The molecule has 0 bridgehead atoms. The highest BCUT2D eigenvalue weighted by atomic mass is 35.5. The van der Waals surface area contributed by atoms with Gasteiger partial charge in [-0.2, -0.15) is 5.26 Å². The van der Waals surface area contributed by atoms with Gasteiger partial charge in [0.1, 0.15) is 6.42 Å². The number of hydrogen-bond donors (Lipinski definition) is 0. The van der Waals surface area contributed by atoms with Gasteiger partial charge in [0.25, 0.3) is 0 Å². The number of rotatable bonds is 2. The van der Waals surface area contributed by atoms with Gasteiger partial charge < -0.3 is 4.74 Å². The van der Waals surface area contributed by atoms with Gasteiger partial charge in [-0.25, -0.2) is 0 Å². The minimum Gasteiger partial charge on any atom is -0.423 e. The second-order valence-corrected chi connectivity index (χ2v) is 3.76. The second-order valence-electron chi connectivity index (χ2n) is 2.51. The third-order valence-electron chi connectivity index (χ3n) is 1.40. The lowest BCUT2D eigenvalue weighted by Crippen LogP contribution is -2.07. The van der Waals surface area contributed by atoms with Crippen LogP contribution in [-0.2, 0) is 4.79 Å². The van der Waals surface area contributed by atoms with Crippen LogP contribution in [0.15, 0.2) is 12.1 Å². The highest BCUT2D eigenvalue weighted by Crippen LogP contribution is 2.35. The lowest BCUT2D eigenvalue weighted by atomic mass is 10.3. The molecular formula is C9H4Cl3NO2. The molecule has 0 atom stereocenters. The predicted octanol–water partition coefficient (Wildman–Crippen LogP) is 3.47. The summed E-state index contributed by atoms with van der Waals surface area (Å²) in [5.74, 6) is -0.702. The Morgan fingerprint density at radius 1 is 1.33 bits per heavy atom. The number of benzene rings is 1. The molecule has 0 amide bonds. The van der Waals surface area contributed by atoms with Crippen LogP contribution < -0.4 is 4.74 Å². The SMILES string of the molecule is N#CCC(=O)Oc1c(Cl)cc(Cl)cc1Cl. The zero-order valence-corrected chi connectivity index (χ0v) is 9.53. The zero-order valence-electron chi connectivity index (χ0n) is 7.26. The summed E-state index contributed by atoms with van der Waals surface area (Å²) in [6.45, 7) is 0. The molecule has 0 aliphatic heterocycles. The van der Waals surface area contributed by atoms with Crippen molar-refractivity contribution in [3.8, 4) is 11.8 Å². The topological polar surface area (TPSA) is 50.1 Å². The van der Waals surface area contributed by atoms with Crippen LogP contribution >= 0.6 is 34.8 Å². The third kappa shape index (κ3) is 3.28. The molecule has 1 aromatic carbocycles. The molecule has 0 heterocycles. The summed E-state index contributed by atoms with van der Waals surface area (Å²) in [6.07, 6.45) is -0.366. The molecule has 0 radical (unpaired) electrons. The Labute approximate surface area is 101 Å². The number of carbonyl (C=O) groups excluding carboxylic acids is 1. The molecule has 1 aromatic rings. The van der Waals surface area contributed by atoms with Gasteiger partial charge in [0.15, 0.2) is 5.75 Å². The monoisotopic (exact) mass is 263 g/mol. The Kier molecular flexibility index (Phi) is 4.22. The first-order valence-electron chi connectivity index (χ1n) is 3.76. The summed E-state index contributed by atoms with van der Waals surface area (Å²) in [5.41, 5.74) is 0. The molecule has 3 nitrogen and oxygen atoms in total. The molecule has 78 valence electrons. The lowest BCUT2D eigenvalue weighted by Gasteiger charge is -2.06. The Morgan fingerprint density at radius 2 is 1.87 bits per heavy atom. The number of carbonyl (C=O) groups is 1. The van der Waals surface area contributed by atoms with Crippen LogP contribution in [0.25, 0.3) is 0 Å². The first-order valence-corrected chi connectivity index (χ1v) is 4.90. The highest BCUT2D eigenvalue weighted by molar-refractivity contribution is 6.40. The van der Waals surface area contributed by atoms with Crippen molar-refractivity contribution in [1.29, 1.82) is 5.26 Å². The average Bonchev–Trinajstić information content (AvgIpc) is 2.11. The second kappa shape index (κ2) is 5.22. The minimum absolute atomic E-state index is 0.0167. The fourth-order valence-electron chi connectivity index (χ4n) is 0.841. The third-order valence-corrected chi connectivity index (χ3v) is 2.18. The fraction of sp³-hybridized carbons (Fsp3) is 0.111. The van der Waals surface area contributed by atoms with E-state index in [0.29, 0.717) is 5.02 Å².